The van der Waals surface area contributed by atoms with Crippen LogP contribution in [0.4, 0.5) is 0 Å². The minimum atomic E-state index is 0.748. The van der Waals surface area contributed by atoms with Crippen LogP contribution in [0.1, 0.15) is 25.5 Å². The molecule has 1 rings (SSSR count). The van der Waals surface area contributed by atoms with Crippen molar-refractivity contribution in [2.24, 2.45) is 0 Å². The minimum Gasteiger partial charge on any atom is -0.383 e. The predicted octanol–water partition coefficient (Wildman–Crippen LogP) is 0.639. The molecule has 5 nitrogen and oxygen atoms in total. The molecule has 5 heteroatoms. The zero-order valence-corrected chi connectivity index (χ0v) is 10.5. The van der Waals surface area contributed by atoms with Gasteiger partial charge in [0.05, 0.1) is 13.2 Å². The summed E-state index contributed by atoms with van der Waals surface area (Å²) in [6.07, 6.45) is 1.84. The Kier molecular flexibility index (Phi) is 6.03. The first kappa shape index (κ1) is 13.1. The van der Waals surface area contributed by atoms with Crippen molar-refractivity contribution in [2.75, 3.05) is 26.8 Å². The normalized spacial score (nSPS) is 10.9. The summed E-state index contributed by atoms with van der Waals surface area (Å²) in [5.41, 5.74) is 0. The molecule has 0 atom stereocenters. The number of aromatic nitrogens is 3. The summed E-state index contributed by atoms with van der Waals surface area (Å²) in [5.74, 6) is 2.01. The van der Waals surface area contributed by atoms with E-state index >= 15 is 0 Å². The molecule has 16 heavy (non-hydrogen) atoms. The standard InChI is InChI=1S/C11H22N4O/c1-4-10-13-11(5-2)15(14-10)8-6-12-7-9-16-3/h12H,4-9H2,1-3H3. The lowest BCUT2D eigenvalue weighted by molar-refractivity contribution is 0.199. The van der Waals surface area contributed by atoms with Gasteiger partial charge in [0.2, 0.25) is 0 Å². The van der Waals surface area contributed by atoms with Crippen LogP contribution in [-0.2, 0) is 24.1 Å². The van der Waals surface area contributed by atoms with Gasteiger partial charge < -0.3 is 10.1 Å². The van der Waals surface area contributed by atoms with E-state index in [9.17, 15) is 0 Å². The summed E-state index contributed by atoms with van der Waals surface area (Å²) >= 11 is 0. The van der Waals surface area contributed by atoms with Gasteiger partial charge in [-0.2, -0.15) is 5.10 Å². The number of hydrogen-bond acceptors (Lipinski definition) is 4. The number of nitrogens with one attached hydrogen (secondary N) is 1. The monoisotopic (exact) mass is 226 g/mol. The zero-order valence-electron chi connectivity index (χ0n) is 10.5. The summed E-state index contributed by atoms with van der Waals surface area (Å²) in [7, 11) is 1.71. The van der Waals surface area contributed by atoms with E-state index in [0.717, 1.165) is 50.7 Å². The van der Waals surface area contributed by atoms with Crippen LogP contribution in [0.15, 0.2) is 0 Å². The Morgan fingerprint density at radius 1 is 1.25 bits per heavy atom. The lowest BCUT2D eigenvalue weighted by atomic mass is 10.4. The Morgan fingerprint density at radius 3 is 2.69 bits per heavy atom. The number of hydrogen-bond donors (Lipinski definition) is 1. The van der Waals surface area contributed by atoms with Crippen LogP contribution < -0.4 is 5.32 Å². The maximum absolute atomic E-state index is 4.96. The molecule has 0 saturated carbocycles. The maximum atomic E-state index is 4.96. The molecule has 0 amide bonds. The molecule has 1 aromatic rings. The second-order valence-electron chi connectivity index (χ2n) is 3.62. The van der Waals surface area contributed by atoms with Gasteiger partial charge in [0.15, 0.2) is 5.82 Å². The number of ether oxygens (including phenoxy) is 1. The van der Waals surface area contributed by atoms with E-state index in [2.05, 4.69) is 29.2 Å². The number of aryl methyl sites for hydroxylation is 2. The summed E-state index contributed by atoms with van der Waals surface area (Å²) in [6, 6.07) is 0. The molecule has 0 bridgehead atoms. The van der Waals surface area contributed by atoms with Gasteiger partial charge in [-0.05, 0) is 0 Å². The summed E-state index contributed by atoms with van der Waals surface area (Å²) < 4.78 is 6.96. The molecule has 0 aromatic carbocycles. The van der Waals surface area contributed by atoms with Crippen LogP contribution in [0, 0.1) is 0 Å². The van der Waals surface area contributed by atoms with Crippen LogP contribution in [0.5, 0.6) is 0 Å². The molecule has 0 aliphatic carbocycles. The molecule has 92 valence electrons. The summed E-state index contributed by atoms with van der Waals surface area (Å²) in [5, 5.41) is 7.75. The first-order valence-corrected chi connectivity index (χ1v) is 5.94. The van der Waals surface area contributed by atoms with Crippen LogP contribution in [0.3, 0.4) is 0 Å². The highest BCUT2D eigenvalue weighted by Gasteiger charge is 2.05. The van der Waals surface area contributed by atoms with Crippen LogP contribution in [0.25, 0.3) is 0 Å². The minimum absolute atomic E-state index is 0.748. The van der Waals surface area contributed by atoms with E-state index in [-0.39, 0.29) is 0 Å². The van der Waals surface area contributed by atoms with Gasteiger partial charge in [0.25, 0.3) is 0 Å². The maximum Gasteiger partial charge on any atom is 0.150 e. The highest BCUT2D eigenvalue weighted by Crippen LogP contribution is 2.00. The topological polar surface area (TPSA) is 52.0 Å². The second-order valence-corrected chi connectivity index (χ2v) is 3.62. The zero-order chi connectivity index (χ0) is 11.8. The van der Waals surface area contributed by atoms with Crippen molar-refractivity contribution in [1.82, 2.24) is 20.1 Å². The van der Waals surface area contributed by atoms with Crippen molar-refractivity contribution in [3.63, 3.8) is 0 Å². The van der Waals surface area contributed by atoms with Gasteiger partial charge in [-0.3, -0.25) is 0 Å². The van der Waals surface area contributed by atoms with Crippen LogP contribution in [0.2, 0.25) is 0 Å². The number of rotatable bonds is 8. The molecule has 0 fully saturated rings. The van der Waals surface area contributed by atoms with Crippen molar-refractivity contribution in [3.8, 4) is 0 Å². The van der Waals surface area contributed by atoms with E-state index in [1.807, 2.05) is 4.68 Å². The van der Waals surface area contributed by atoms with Gasteiger partial charge in [-0.25, -0.2) is 9.67 Å². The fourth-order valence-corrected chi connectivity index (χ4v) is 1.50. The van der Waals surface area contributed by atoms with Gasteiger partial charge in [-0.1, -0.05) is 13.8 Å². The highest BCUT2D eigenvalue weighted by molar-refractivity contribution is 4.92. The molecule has 0 saturated heterocycles. The van der Waals surface area contributed by atoms with E-state index in [1.54, 1.807) is 7.11 Å². The Morgan fingerprint density at radius 2 is 2.06 bits per heavy atom. The lowest BCUT2D eigenvalue weighted by Crippen LogP contribution is -2.24. The van der Waals surface area contributed by atoms with E-state index in [1.165, 1.54) is 0 Å². The molecule has 0 aliphatic rings. The summed E-state index contributed by atoms with van der Waals surface area (Å²) in [4.78, 5) is 4.46. The third-order valence-corrected chi connectivity index (χ3v) is 2.41. The quantitative estimate of drug-likeness (QED) is 0.661. The number of methoxy groups -OCH3 is 1. The SMILES string of the molecule is CCc1nc(CC)n(CCNCCOC)n1. The lowest BCUT2D eigenvalue weighted by Gasteiger charge is -2.05. The summed E-state index contributed by atoms with van der Waals surface area (Å²) in [6.45, 7) is 7.60. The smallest absolute Gasteiger partial charge is 0.150 e. The molecular formula is C11H22N4O. The van der Waals surface area contributed by atoms with Crippen molar-refractivity contribution in [1.29, 1.82) is 0 Å². The average molecular weight is 226 g/mol. The molecule has 0 radical (unpaired) electrons. The van der Waals surface area contributed by atoms with Gasteiger partial charge in [0.1, 0.15) is 5.82 Å². The molecule has 0 aliphatic heterocycles. The third kappa shape index (κ3) is 3.90. The van der Waals surface area contributed by atoms with Crippen molar-refractivity contribution >= 4 is 0 Å². The Labute approximate surface area is 97.2 Å². The van der Waals surface area contributed by atoms with Gasteiger partial charge in [-0.15, -0.1) is 0 Å². The van der Waals surface area contributed by atoms with E-state index in [4.69, 9.17) is 4.74 Å². The molecule has 1 heterocycles. The molecule has 0 spiro atoms. The van der Waals surface area contributed by atoms with Crippen molar-refractivity contribution in [3.05, 3.63) is 11.6 Å². The van der Waals surface area contributed by atoms with Crippen LogP contribution in [-0.4, -0.2) is 41.6 Å². The Hall–Kier alpha value is -0.940. The van der Waals surface area contributed by atoms with E-state index < -0.39 is 0 Å². The molecule has 1 N–H and O–H groups in total. The third-order valence-electron chi connectivity index (χ3n) is 2.41. The fourth-order valence-electron chi connectivity index (χ4n) is 1.50. The predicted molar refractivity (Wildman–Crippen MR) is 63.5 cm³/mol. The van der Waals surface area contributed by atoms with Crippen LogP contribution >= 0.6 is 0 Å². The first-order chi connectivity index (χ1) is 7.81. The average Bonchev–Trinajstić information content (AvgIpc) is 2.71. The molecule has 1 aromatic heterocycles. The number of nitrogens with zero attached hydrogens (tertiary/aromatic N) is 3. The van der Waals surface area contributed by atoms with Crippen molar-refractivity contribution < 1.29 is 4.74 Å². The second kappa shape index (κ2) is 7.35. The largest absolute Gasteiger partial charge is 0.383 e. The highest BCUT2D eigenvalue weighted by atomic mass is 16.5. The van der Waals surface area contributed by atoms with E-state index in [0.29, 0.717) is 0 Å². The molecule has 0 unspecified atom stereocenters. The fraction of sp³-hybridized carbons (Fsp3) is 0.818. The Balaban J connectivity index is 2.37. The van der Waals surface area contributed by atoms with Gasteiger partial charge in [0, 0.05) is 33.0 Å². The van der Waals surface area contributed by atoms with Crippen molar-refractivity contribution in [2.45, 2.75) is 33.2 Å². The van der Waals surface area contributed by atoms with Gasteiger partial charge >= 0.3 is 0 Å². The Bertz CT molecular complexity index is 298. The first-order valence-electron chi connectivity index (χ1n) is 5.94. The molecular weight excluding hydrogens is 204 g/mol.